The molecule has 0 spiro atoms. The van der Waals surface area contributed by atoms with Gasteiger partial charge in [0, 0.05) is 18.0 Å². The minimum Gasteiger partial charge on any atom is -0.496 e. The van der Waals surface area contributed by atoms with Crippen LogP contribution in [0.3, 0.4) is 0 Å². The predicted molar refractivity (Wildman–Crippen MR) is 125 cm³/mol. The first-order chi connectivity index (χ1) is 15.9. The van der Waals surface area contributed by atoms with Crippen LogP contribution in [0.5, 0.6) is 5.75 Å². The van der Waals surface area contributed by atoms with Crippen LogP contribution in [0.2, 0.25) is 5.02 Å². The zero-order valence-corrected chi connectivity index (χ0v) is 19.7. The Kier molecular flexibility index (Phi) is 8.90. The lowest BCUT2D eigenvalue weighted by atomic mass is 9.99. The summed E-state index contributed by atoms with van der Waals surface area (Å²) in [5.74, 6) is -0.398. The highest BCUT2D eigenvalue weighted by molar-refractivity contribution is 8.00. The minimum absolute atomic E-state index is 0.0783. The molecule has 1 aliphatic heterocycles. The highest BCUT2D eigenvalue weighted by Crippen LogP contribution is 2.37. The molecule has 0 fully saturated rings. The highest BCUT2D eigenvalue weighted by Gasteiger charge is 2.26. The van der Waals surface area contributed by atoms with Gasteiger partial charge in [0.2, 0.25) is 0 Å². The van der Waals surface area contributed by atoms with Gasteiger partial charge in [-0.3, -0.25) is 4.79 Å². The predicted octanol–water partition coefficient (Wildman–Crippen LogP) is 4.76. The van der Waals surface area contributed by atoms with E-state index in [1.54, 1.807) is 43.3 Å². The monoisotopic (exact) mass is 494 g/mol. The van der Waals surface area contributed by atoms with E-state index < -0.39 is 17.3 Å². The maximum absolute atomic E-state index is 15.4. The van der Waals surface area contributed by atoms with Gasteiger partial charge in [-0.15, -0.1) is 0 Å². The normalized spacial score (nSPS) is 17.0. The summed E-state index contributed by atoms with van der Waals surface area (Å²) in [7, 11) is 1.48. The number of urea groups is 1. The maximum Gasteiger partial charge on any atom is 0.317 e. The van der Waals surface area contributed by atoms with Crippen molar-refractivity contribution in [2.24, 2.45) is 10.2 Å². The van der Waals surface area contributed by atoms with Crippen LogP contribution in [0.4, 0.5) is 9.18 Å². The van der Waals surface area contributed by atoms with Crippen molar-refractivity contribution in [1.82, 2.24) is 10.6 Å². The minimum atomic E-state index is -0.605. The smallest absolute Gasteiger partial charge is 0.317 e. The second kappa shape index (κ2) is 11.9. The van der Waals surface area contributed by atoms with Crippen LogP contribution in [0.1, 0.15) is 18.9 Å². The molecule has 2 aromatic rings. The van der Waals surface area contributed by atoms with Crippen molar-refractivity contribution in [3.63, 3.8) is 0 Å². The van der Waals surface area contributed by atoms with Crippen LogP contribution >= 0.6 is 23.4 Å². The molecule has 2 N–H and O–H groups in total. The van der Waals surface area contributed by atoms with Crippen molar-refractivity contribution in [3.05, 3.63) is 52.8 Å². The number of halogens is 2. The van der Waals surface area contributed by atoms with Crippen LogP contribution in [0.15, 0.2) is 46.6 Å². The molecule has 2 amide bonds. The number of carbonyl (C=O) groups excluding carboxylic acids is 2. The van der Waals surface area contributed by atoms with Gasteiger partial charge in [0.25, 0.3) is 0 Å². The molecule has 1 aliphatic rings. The van der Waals surface area contributed by atoms with E-state index in [1.807, 2.05) is 0 Å². The van der Waals surface area contributed by atoms with Crippen LogP contribution in [0.25, 0.3) is 11.1 Å². The first kappa shape index (κ1) is 24.8. The number of nitrogens with one attached hydrogen (secondary N) is 2. The van der Waals surface area contributed by atoms with E-state index in [0.717, 1.165) is 0 Å². The Morgan fingerprint density at radius 1 is 1.24 bits per heavy atom. The SMILES string of the molecule is CCOC(=O)CCNC(=O)NC1N=NC(Cc2ccc(OC)c(-c3cccc(Cl)c3)c2F)S1. The second-order valence-corrected chi connectivity index (χ2v) is 8.66. The Morgan fingerprint density at radius 3 is 2.79 bits per heavy atom. The number of hydrogen-bond donors (Lipinski definition) is 2. The molecule has 11 heteroatoms. The quantitative estimate of drug-likeness (QED) is 0.489. The summed E-state index contributed by atoms with van der Waals surface area (Å²) in [6.07, 6.45) is 0.356. The van der Waals surface area contributed by atoms with Crippen molar-refractivity contribution in [3.8, 4) is 16.9 Å². The van der Waals surface area contributed by atoms with E-state index in [-0.39, 0.29) is 30.7 Å². The third-order valence-corrected chi connectivity index (χ3v) is 5.95. The highest BCUT2D eigenvalue weighted by atomic mass is 35.5. The van der Waals surface area contributed by atoms with Gasteiger partial charge in [-0.2, -0.15) is 10.2 Å². The number of amides is 2. The summed E-state index contributed by atoms with van der Waals surface area (Å²) >= 11 is 7.37. The van der Waals surface area contributed by atoms with Crippen LogP contribution in [0, 0.1) is 5.82 Å². The maximum atomic E-state index is 15.4. The van der Waals surface area contributed by atoms with Gasteiger partial charge < -0.3 is 20.1 Å². The molecule has 0 aromatic heterocycles. The number of esters is 1. The largest absolute Gasteiger partial charge is 0.496 e. The Labute approximate surface area is 200 Å². The molecule has 2 atom stereocenters. The summed E-state index contributed by atoms with van der Waals surface area (Å²) in [6, 6.07) is 9.79. The molecule has 33 heavy (non-hydrogen) atoms. The summed E-state index contributed by atoms with van der Waals surface area (Å²) in [4.78, 5) is 23.3. The zero-order valence-electron chi connectivity index (χ0n) is 18.1. The summed E-state index contributed by atoms with van der Waals surface area (Å²) < 4.78 is 25.6. The van der Waals surface area contributed by atoms with Crippen molar-refractivity contribution in [2.45, 2.75) is 30.6 Å². The van der Waals surface area contributed by atoms with E-state index in [1.165, 1.54) is 18.9 Å². The van der Waals surface area contributed by atoms with Crippen molar-refractivity contribution < 1.29 is 23.5 Å². The average Bonchev–Trinajstić information content (AvgIpc) is 3.21. The topological polar surface area (TPSA) is 101 Å². The molecule has 0 aliphatic carbocycles. The molecule has 0 bridgehead atoms. The molecule has 8 nitrogen and oxygen atoms in total. The van der Waals surface area contributed by atoms with E-state index in [2.05, 4.69) is 20.9 Å². The number of methoxy groups -OCH3 is 1. The number of ether oxygens (including phenoxy) is 2. The van der Waals surface area contributed by atoms with Crippen molar-refractivity contribution in [2.75, 3.05) is 20.3 Å². The second-order valence-electron chi connectivity index (χ2n) is 6.96. The number of carbonyl (C=O) groups is 2. The van der Waals surface area contributed by atoms with Gasteiger partial charge in [0.15, 0.2) is 5.50 Å². The third kappa shape index (κ3) is 6.82. The summed E-state index contributed by atoms with van der Waals surface area (Å²) in [6.45, 7) is 2.15. The molecule has 3 rings (SSSR count). The van der Waals surface area contributed by atoms with Gasteiger partial charge in [0.05, 0.1) is 25.7 Å². The summed E-state index contributed by atoms with van der Waals surface area (Å²) in [5.41, 5.74) is 0.777. The first-order valence-electron chi connectivity index (χ1n) is 10.3. The Balaban J connectivity index is 1.59. The van der Waals surface area contributed by atoms with E-state index in [0.29, 0.717) is 34.1 Å². The molecule has 0 radical (unpaired) electrons. The Hall–Kier alpha value is -2.85. The number of thioether (sulfide) groups is 1. The van der Waals surface area contributed by atoms with Gasteiger partial charge in [0.1, 0.15) is 16.9 Å². The standard InChI is InChI=1S/C22H24ClFN4O4S/c1-3-32-18(29)9-10-25-21(30)26-22-28-27-17(33-22)12-14-7-8-16(31-2)19(20(14)24)13-5-4-6-15(23)11-13/h4-8,11,17,22H,3,9-10,12H2,1-2H3,(H2,25,26,30). The van der Waals surface area contributed by atoms with Gasteiger partial charge in [-0.1, -0.05) is 41.6 Å². The van der Waals surface area contributed by atoms with Crippen LogP contribution in [-0.4, -0.2) is 43.1 Å². The molecule has 1 heterocycles. The van der Waals surface area contributed by atoms with Crippen LogP contribution in [-0.2, 0) is 16.0 Å². The van der Waals surface area contributed by atoms with E-state index in [4.69, 9.17) is 21.1 Å². The number of rotatable bonds is 9. The van der Waals surface area contributed by atoms with Crippen molar-refractivity contribution in [1.29, 1.82) is 0 Å². The number of nitrogens with zero attached hydrogens (tertiary/aromatic N) is 2. The third-order valence-electron chi connectivity index (χ3n) is 4.67. The molecule has 2 aromatic carbocycles. The molecular weight excluding hydrogens is 471 g/mol. The fraction of sp³-hybridized carbons (Fsp3) is 0.364. The summed E-state index contributed by atoms with van der Waals surface area (Å²) in [5, 5.41) is 13.5. The Bertz CT molecular complexity index is 1040. The van der Waals surface area contributed by atoms with Crippen molar-refractivity contribution >= 4 is 35.4 Å². The van der Waals surface area contributed by atoms with E-state index >= 15 is 4.39 Å². The van der Waals surface area contributed by atoms with E-state index in [9.17, 15) is 9.59 Å². The lowest BCUT2D eigenvalue weighted by molar-refractivity contribution is -0.142. The molecular formula is C22H24ClFN4O4S. The first-order valence-corrected chi connectivity index (χ1v) is 11.6. The van der Waals surface area contributed by atoms with Gasteiger partial charge in [-0.25, -0.2) is 9.18 Å². The van der Waals surface area contributed by atoms with Gasteiger partial charge in [-0.05, 0) is 36.2 Å². The molecule has 0 saturated heterocycles. The number of hydrogen-bond acceptors (Lipinski definition) is 7. The zero-order chi connectivity index (χ0) is 23.8. The lowest BCUT2D eigenvalue weighted by Crippen LogP contribution is -2.40. The number of azo groups is 1. The molecule has 0 saturated carbocycles. The van der Waals surface area contributed by atoms with Crippen LogP contribution < -0.4 is 15.4 Å². The number of benzene rings is 2. The fourth-order valence-corrected chi connectivity index (χ4v) is 4.35. The molecule has 176 valence electrons. The lowest BCUT2D eigenvalue weighted by Gasteiger charge is -2.15. The average molecular weight is 495 g/mol. The fourth-order valence-electron chi connectivity index (χ4n) is 3.19. The van der Waals surface area contributed by atoms with Gasteiger partial charge >= 0.3 is 12.0 Å². The molecule has 2 unspecified atom stereocenters. The Morgan fingerprint density at radius 2 is 2.06 bits per heavy atom.